The van der Waals surface area contributed by atoms with Crippen molar-refractivity contribution >= 4 is 23.3 Å². The monoisotopic (exact) mass is 279 g/mol. The first-order valence-electron chi connectivity index (χ1n) is 6.66. The van der Waals surface area contributed by atoms with E-state index >= 15 is 0 Å². The van der Waals surface area contributed by atoms with Crippen LogP contribution in [0.25, 0.3) is 0 Å². The topological polar surface area (TPSA) is 93.5 Å². The van der Waals surface area contributed by atoms with E-state index in [1.165, 1.54) is 0 Å². The molecule has 1 rings (SSSR count). The summed E-state index contributed by atoms with van der Waals surface area (Å²) in [5, 5.41) is 5.63. The minimum Gasteiger partial charge on any atom is -0.462 e. The minimum atomic E-state index is -0.462. The highest BCUT2D eigenvalue weighted by Crippen LogP contribution is 2.24. The number of carbonyl (C=O) groups excluding carboxylic acids is 2. The molecular formula is C14H21N3O3. The van der Waals surface area contributed by atoms with Crippen LogP contribution < -0.4 is 16.4 Å². The Morgan fingerprint density at radius 2 is 2.05 bits per heavy atom. The van der Waals surface area contributed by atoms with Crippen molar-refractivity contribution in [2.45, 2.75) is 20.3 Å². The molecule has 0 atom stereocenters. The molecule has 0 aromatic heterocycles. The van der Waals surface area contributed by atoms with Crippen molar-refractivity contribution in [1.29, 1.82) is 0 Å². The van der Waals surface area contributed by atoms with Crippen LogP contribution in [0.1, 0.15) is 30.6 Å². The molecule has 20 heavy (non-hydrogen) atoms. The van der Waals surface area contributed by atoms with E-state index in [0.29, 0.717) is 23.5 Å². The summed E-state index contributed by atoms with van der Waals surface area (Å²) >= 11 is 0. The molecule has 1 aromatic carbocycles. The minimum absolute atomic E-state index is 0.0562. The summed E-state index contributed by atoms with van der Waals surface area (Å²) in [6, 6.07) is 4.94. The lowest BCUT2D eigenvalue weighted by atomic mass is 10.1. The zero-order chi connectivity index (χ0) is 15.0. The second-order valence-electron chi connectivity index (χ2n) is 4.19. The smallest absolute Gasteiger partial charge is 0.340 e. The van der Waals surface area contributed by atoms with Crippen molar-refractivity contribution in [3.05, 3.63) is 23.8 Å². The molecule has 6 nitrogen and oxygen atoms in total. The van der Waals surface area contributed by atoms with Gasteiger partial charge in [-0.05, 0) is 25.5 Å². The summed E-state index contributed by atoms with van der Waals surface area (Å²) in [6.07, 6.45) is 0.868. The lowest BCUT2D eigenvalue weighted by molar-refractivity contribution is -0.119. The van der Waals surface area contributed by atoms with Crippen LogP contribution in [0.4, 0.5) is 11.4 Å². The number of ether oxygens (including phenoxy) is 1. The van der Waals surface area contributed by atoms with Gasteiger partial charge >= 0.3 is 5.97 Å². The fourth-order valence-corrected chi connectivity index (χ4v) is 1.64. The molecule has 0 radical (unpaired) electrons. The first kappa shape index (κ1) is 15.8. The van der Waals surface area contributed by atoms with Gasteiger partial charge in [-0.2, -0.15) is 0 Å². The molecule has 0 heterocycles. The number of nitrogens with two attached hydrogens (primary N) is 1. The Kier molecular flexibility index (Phi) is 6.36. The predicted octanol–water partition coefficient (Wildman–Crippen LogP) is 1.38. The van der Waals surface area contributed by atoms with E-state index < -0.39 is 5.97 Å². The SMILES string of the molecule is CCCNC(=O)CNc1c(N)cccc1C(=O)OCC. The van der Waals surface area contributed by atoms with Gasteiger partial charge in [0.15, 0.2) is 0 Å². The van der Waals surface area contributed by atoms with Gasteiger partial charge in [-0.3, -0.25) is 4.79 Å². The highest BCUT2D eigenvalue weighted by molar-refractivity contribution is 5.99. The number of hydrogen-bond donors (Lipinski definition) is 3. The van der Waals surface area contributed by atoms with Gasteiger partial charge in [-0.25, -0.2) is 4.79 Å². The highest BCUT2D eigenvalue weighted by Gasteiger charge is 2.15. The largest absolute Gasteiger partial charge is 0.462 e. The van der Waals surface area contributed by atoms with Crippen LogP contribution in [0, 0.1) is 0 Å². The normalized spacial score (nSPS) is 9.90. The lowest BCUT2D eigenvalue weighted by Crippen LogP contribution is -2.30. The van der Waals surface area contributed by atoms with Crippen molar-refractivity contribution in [2.24, 2.45) is 0 Å². The van der Waals surface area contributed by atoms with Crippen molar-refractivity contribution < 1.29 is 14.3 Å². The lowest BCUT2D eigenvalue weighted by Gasteiger charge is -2.13. The number of benzene rings is 1. The molecule has 0 unspecified atom stereocenters. The first-order chi connectivity index (χ1) is 9.60. The third-order valence-corrected chi connectivity index (χ3v) is 2.59. The fourth-order valence-electron chi connectivity index (χ4n) is 1.64. The number of esters is 1. The average Bonchev–Trinajstić information content (AvgIpc) is 2.43. The van der Waals surface area contributed by atoms with E-state index in [9.17, 15) is 9.59 Å². The third kappa shape index (κ3) is 4.46. The molecule has 0 spiro atoms. The Balaban J connectivity index is 2.77. The number of anilines is 2. The van der Waals surface area contributed by atoms with Crippen LogP contribution in [0.2, 0.25) is 0 Å². The quantitative estimate of drug-likeness (QED) is 0.518. The van der Waals surface area contributed by atoms with Gasteiger partial charge in [0.05, 0.1) is 30.1 Å². The van der Waals surface area contributed by atoms with Crippen molar-refractivity contribution in [1.82, 2.24) is 5.32 Å². The highest BCUT2D eigenvalue weighted by atomic mass is 16.5. The molecule has 1 amide bonds. The average molecular weight is 279 g/mol. The molecule has 0 aliphatic heterocycles. The molecule has 0 aliphatic carbocycles. The van der Waals surface area contributed by atoms with E-state index in [4.69, 9.17) is 10.5 Å². The summed E-state index contributed by atoms with van der Waals surface area (Å²) in [4.78, 5) is 23.4. The fraction of sp³-hybridized carbons (Fsp3) is 0.429. The summed E-state index contributed by atoms with van der Waals surface area (Å²) in [5.74, 6) is -0.610. The van der Waals surface area contributed by atoms with Gasteiger partial charge < -0.3 is 21.1 Å². The molecule has 0 aliphatic rings. The van der Waals surface area contributed by atoms with Crippen molar-refractivity contribution in [2.75, 3.05) is 30.7 Å². The van der Waals surface area contributed by atoms with Crippen LogP contribution in [0.3, 0.4) is 0 Å². The maximum absolute atomic E-state index is 11.8. The number of hydrogen-bond acceptors (Lipinski definition) is 5. The number of amides is 1. The molecule has 0 saturated carbocycles. The van der Waals surface area contributed by atoms with Crippen molar-refractivity contribution in [3.8, 4) is 0 Å². The Morgan fingerprint density at radius 3 is 2.70 bits per heavy atom. The van der Waals surface area contributed by atoms with E-state index in [1.54, 1.807) is 25.1 Å². The predicted molar refractivity (Wildman–Crippen MR) is 78.6 cm³/mol. The second-order valence-corrected chi connectivity index (χ2v) is 4.19. The van der Waals surface area contributed by atoms with Gasteiger partial charge in [0.25, 0.3) is 0 Å². The maximum Gasteiger partial charge on any atom is 0.340 e. The zero-order valence-electron chi connectivity index (χ0n) is 11.9. The number of para-hydroxylation sites is 1. The number of carbonyl (C=O) groups is 2. The zero-order valence-corrected chi connectivity index (χ0v) is 11.9. The number of nitrogen functional groups attached to an aromatic ring is 1. The molecule has 6 heteroatoms. The molecule has 4 N–H and O–H groups in total. The van der Waals surface area contributed by atoms with Gasteiger partial charge in [-0.1, -0.05) is 13.0 Å². The molecule has 0 fully saturated rings. The van der Waals surface area contributed by atoms with Gasteiger partial charge in [0.2, 0.25) is 5.91 Å². The van der Waals surface area contributed by atoms with Gasteiger partial charge in [0, 0.05) is 6.54 Å². The standard InChI is InChI=1S/C14H21N3O3/c1-3-8-16-12(18)9-17-13-10(14(19)20-4-2)6-5-7-11(13)15/h5-7,17H,3-4,8-9,15H2,1-2H3,(H,16,18). The van der Waals surface area contributed by atoms with E-state index in [-0.39, 0.29) is 19.1 Å². The maximum atomic E-state index is 11.8. The second kappa shape index (κ2) is 8.04. The first-order valence-corrected chi connectivity index (χ1v) is 6.66. The summed E-state index contributed by atoms with van der Waals surface area (Å²) in [7, 11) is 0. The molecule has 0 saturated heterocycles. The van der Waals surface area contributed by atoms with Crippen LogP contribution in [0.5, 0.6) is 0 Å². The van der Waals surface area contributed by atoms with E-state index in [0.717, 1.165) is 6.42 Å². The van der Waals surface area contributed by atoms with Gasteiger partial charge in [0.1, 0.15) is 0 Å². The van der Waals surface area contributed by atoms with Crippen LogP contribution in [-0.2, 0) is 9.53 Å². The van der Waals surface area contributed by atoms with Crippen molar-refractivity contribution in [3.63, 3.8) is 0 Å². The molecule has 110 valence electrons. The Labute approximate surface area is 118 Å². The summed E-state index contributed by atoms with van der Waals surface area (Å²) < 4.78 is 4.96. The number of nitrogens with one attached hydrogen (secondary N) is 2. The van der Waals surface area contributed by atoms with E-state index in [2.05, 4.69) is 10.6 Å². The van der Waals surface area contributed by atoms with Crippen LogP contribution in [0.15, 0.2) is 18.2 Å². The molecule has 0 bridgehead atoms. The Morgan fingerprint density at radius 1 is 1.30 bits per heavy atom. The summed E-state index contributed by atoms with van der Waals surface area (Å²) in [5.41, 5.74) is 7.00. The van der Waals surface area contributed by atoms with Crippen LogP contribution >= 0.6 is 0 Å². The third-order valence-electron chi connectivity index (χ3n) is 2.59. The van der Waals surface area contributed by atoms with Crippen LogP contribution in [-0.4, -0.2) is 31.6 Å². The molecule has 1 aromatic rings. The number of rotatable bonds is 7. The molecular weight excluding hydrogens is 258 g/mol. The van der Waals surface area contributed by atoms with Gasteiger partial charge in [-0.15, -0.1) is 0 Å². The Bertz CT molecular complexity index is 475. The Hall–Kier alpha value is -2.24. The summed E-state index contributed by atoms with van der Waals surface area (Å²) in [6.45, 7) is 4.66. The van der Waals surface area contributed by atoms with E-state index in [1.807, 2.05) is 6.92 Å².